The van der Waals surface area contributed by atoms with Crippen molar-refractivity contribution in [3.05, 3.63) is 68.9 Å². The normalized spacial score (nSPS) is 20.3. The first-order valence-corrected chi connectivity index (χ1v) is 14.8. The average molecular weight is 622 g/mol. The molecule has 1 aromatic carbocycles. The van der Waals surface area contributed by atoms with E-state index >= 15 is 0 Å². The molecule has 1 aliphatic carbocycles. The number of thiazole rings is 1. The largest absolute Gasteiger partial charge is 0.469 e. The number of halogens is 4. The number of aryl methyl sites for hydroxylation is 1. The zero-order chi connectivity index (χ0) is 30.8. The minimum Gasteiger partial charge on any atom is -0.469 e. The number of fused-ring (bicyclic) bond motifs is 1. The molecule has 3 aromatic rings. The Labute approximate surface area is 249 Å². The lowest BCUT2D eigenvalue weighted by atomic mass is 9.85. The molecule has 14 heteroatoms. The van der Waals surface area contributed by atoms with Gasteiger partial charge in [-0.15, -0.1) is 11.3 Å². The molecule has 3 unspecified atom stereocenters. The van der Waals surface area contributed by atoms with E-state index in [2.05, 4.69) is 16.1 Å². The Balaban J connectivity index is 1.30. The van der Waals surface area contributed by atoms with E-state index in [0.29, 0.717) is 22.2 Å². The van der Waals surface area contributed by atoms with Gasteiger partial charge in [-0.1, -0.05) is 24.3 Å². The molecular weight excluding hydrogens is 590 g/mol. The third-order valence-electron chi connectivity index (χ3n) is 8.22. The number of piperidine rings is 1. The number of nitrogens with zero attached hydrogens (tertiary/aromatic N) is 5. The number of alkyl halides is 4. The molecule has 1 fully saturated rings. The summed E-state index contributed by atoms with van der Waals surface area (Å²) in [5.74, 6) is -2.75. The second-order valence-electron chi connectivity index (χ2n) is 10.7. The molecule has 1 saturated heterocycles. The first-order valence-electron chi connectivity index (χ1n) is 13.9. The Hall–Kier alpha value is -3.81. The molecule has 3 heterocycles. The van der Waals surface area contributed by atoms with E-state index in [-0.39, 0.29) is 30.7 Å². The number of methoxy groups -OCH3 is 1. The minimum absolute atomic E-state index is 0.0724. The summed E-state index contributed by atoms with van der Waals surface area (Å²) in [5.41, 5.74) is 0.989. The van der Waals surface area contributed by atoms with Gasteiger partial charge in [0.2, 0.25) is 5.91 Å². The fourth-order valence-corrected chi connectivity index (χ4v) is 6.96. The Bertz CT molecular complexity index is 1490. The summed E-state index contributed by atoms with van der Waals surface area (Å²) in [6.45, 7) is -0.617. The van der Waals surface area contributed by atoms with Crippen LogP contribution in [0.3, 0.4) is 0 Å². The Kier molecular flexibility index (Phi) is 9.13. The molecule has 0 spiro atoms. The molecule has 0 N–H and O–H groups in total. The topological polar surface area (TPSA) is 97.6 Å². The lowest BCUT2D eigenvalue weighted by molar-refractivity contribution is -0.150. The molecule has 1 aliphatic heterocycles. The quantitative estimate of drug-likeness (QED) is 0.254. The maximum Gasteiger partial charge on any atom is 0.311 e. The van der Waals surface area contributed by atoms with E-state index in [9.17, 15) is 31.9 Å². The summed E-state index contributed by atoms with van der Waals surface area (Å²) in [7, 11) is 2.98. The molecule has 0 radical (unpaired) electrons. The number of rotatable bonds is 8. The van der Waals surface area contributed by atoms with Crippen LogP contribution in [0.25, 0.3) is 0 Å². The first kappa shape index (κ1) is 30.6. The number of carbonyl (C=O) groups excluding carboxylic acids is 3. The summed E-state index contributed by atoms with van der Waals surface area (Å²) in [6, 6.07) is 8.60. The summed E-state index contributed by atoms with van der Waals surface area (Å²) in [5, 5.41) is 5.70. The molecule has 5 rings (SSSR count). The highest BCUT2D eigenvalue weighted by Crippen LogP contribution is 2.38. The van der Waals surface area contributed by atoms with Crippen LogP contribution in [0.2, 0.25) is 0 Å². The van der Waals surface area contributed by atoms with Crippen molar-refractivity contribution in [3.63, 3.8) is 0 Å². The van der Waals surface area contributed by atoms with E-state index in [1.807, 2.05) is 18.2 Å². The van der Waals surface area contributed by atoms with E-state index in [1.54, 1.807) is 17.3 Å². The van der Waals surface area contributed by atoms with E-state index in [4.69, 9.17) is 4.74 Å². The third kappa shape index (κ3) is 6.29. The van der Waals surface area contributed by atoms with Crippen LogP contribution in [0.1, 0.15) is 82.1 Å². The predicted octanol–water partition coefficient (Wildman–Crippen LogP) is 5.17. The predicted molar refractivity (Wildman–Crippen MR) is 148 cm³/mol. The van der Waals surface area contributed by atoms with Gasteiger partial charge >= 0.3 is 5.97 Å². The van der Waals surface area contributed by atoms with Crippen LogP contribution in [0.5, 0.6) is 0 Å². The summed E-state index contributed by atoms with van der Waals surface area (Å²) in [6.07, 6.45) is -3.10. The maximum absolute atomic E-state index is 13.5. The smallest absolute Gasteiger partial charge is 0.311 e. The highest BCUT2D eigenvalue weighted by atomic mass is 32.1. The van der Waals surface area contributed by atoms with Crippen LogP contribution in [-0.2, 0) is 27.3 Å². The summed E-state index contributed by atoms with van der Waals surface area (Å²) >= 11 is 1.25. The number of hydrogen-bond acceptors (Lipinski definition) is 7. The number of amides is 2. The molecule has 9 nitrogen and oxygen atoms in total. The summed E-state index contributed by atoms with van der Waals surface area (Å²) < 4.78 is 58.5. The lowest BCUT2D eigenvalue weighted by Crippen LogP contribution is -2.47. The van der Waals surface area contributed by atoms with Gasteiger partial charge in [0.1, 0.15) is 23.6 Å². The molecule has 2 amide bonds. The highest BCUT2D eigenvalue weighted by molar-refractivity contribution is 7.10. The molecule has 43 heavy (non-hydrogen) atoms. The number of esters is 1. The molecule has 2 aromatic heterocycles. The molecule has 2 aliphatic rings. The van der Waals surface area contributed by atoms with Crippen molar-refractivity contribution in [1.29, 1.82) is 0 Å². The fourth-order valence-electron chi connectivity index (χ4n) is 5.96. The SMILES string of the molecule is COC(=O)C1CN(C(=O)Cn2nc(C(F)F)cc2C(F)F)CCC1c1nc(C(=O)N(C)C2CCCc3ccccc32)cs1. The van der Waals surface area contributed by atoms with Crippen molar-refractivity contribution in [2.24, 2.45) is 5.92 Å². The van der Waals surface area contributed by atoms with Crippen LogP contribution >= 0.6 is 11.3 Å². The molecular formula is C29H31F4N5O4S. The number of likely N-dealkylation sites (tertiary alicyclic amines) is 1. The number of benzene rings is 1. The van der Waals surface area contributed by atoms with Crippen LogP contribution in [-0.4, -0.2) is 69.6 Å². The zero-order valence-corrected chi connectivity index (χ0v) is 24.4. The van der Waals surface area contributed by atoms with Gasteiger partial charge in [-0.05, 0) is 42.9 Å². The van der Waals surface area contributed by atoms with Crippen molar-refractivity contribution < 1.29 is 36.7 Å². The van der Waals surface area contributed by atoms with Crippen molar-refractivity contribution in [1.82, 2.24) is 24.6 Å². The van der Waals surface area contributed by atoms with Crippen molar-refractivity contribution in [2.45, 2.75) is 57.0 Å². The van der Waals surface area contributed by atoms with Gasteiger partial charge in [-0.3, -0.25) is 19.1 Å². The van der Waals surface area contributed by atoms with Crippen LogP contribution < -0.4 is 0 Å². The third-order valence-corrected chi connectivity index (χ3v) is 9.19. The number of ether oxygens (including phenoxy) is 1. The van der Waals surface area contributed by atoms with Gasteiger partial charge in [0.15, 0.2) is 0 Å². The second-order valence-corrected chi connectivity index (χ2v) is 11.6. The van der Waals surface area contributed by atoms with Gasteiger partial charge in [0, 0.05) is 31.4 Å². The molecule has 3 atom stereocenters. The number of hydrogen-bond donors (Lipinski definition) is 0. The number of carbonyl (C=O) groups is 3. The van der Waals surface area contributed by atoms with E-state index in [0.717, 1.165) is 24.8 Å². The van der Waals surface area contributed by atoms with Gasteiger partial charge in [-0.2, -0.15) is 5.10 Å². The summed E-state index contributed by atoms with van der Waals surface area (Å²) in [4.78, 5) is 47.0. The van der Waals surface area contributed by atoms with E-state index in [1.165, 1.54) is 28.9 Å². The van der Waals surface area contributed by atoms with E-state index < -0.39 is 54.5 Å². The second kappa shape index (κ2) is 12.8. The van der Waals surface area contributed by atoms with Crippen LogP contribution in [0, 0.1) is 5.92 Å². The minimum atomic E-state index is -3.10. The monoisotopic (exact) mass is 621 g/mol. The van der Waals surface area contributed by atoms with Gasteiger partial charge in [0.25, 0.3) is 18.8 Å². The van der Waals surface area contributed by atoms with Gasteiger partial charge in [0.05, 0.1) is 24.1 Å². The average Bonchev–Trinajstić information content (AvgIpc) is 3.67. The Morgan fingerprint density at radius 2 is 1.91 bits per heavy atom. The Morgan fingerprint density at radius 1 is 1.14 bits per heavy atom. The van der Waals surface area contributed by atoms with Crippen molar-refractivity contribution in [3.8, 4) is 0 Å². The number of aromatic nitrogens is 3. The zero-order valence-electron chi connectivity index (χ0n) is 23.6. The lowest BCUT2D eigenvalue weighted by Gasteiger charge is -2.36. The highest BCUT2D eigenvalue weighted by Gasteiger charge is 2.40. The fraction of sp³-hybridized carbons (Fsp3) is 0.483. The Morgan fingerprint density at radius 3 is 2.63 bits per heavy atom. The van der Waals surface area contributed by atoms with Crippen LogP contribution in [0.4, 0.5) is 17.6 Å². The van der Waals surface area contributed by atoms with Crippen LogP contribution in [0.15, 0.2) is 35.7 Å². The molecule has 230 valence electrons. The maximum atomic E-state index is 13.5. The van der Waals surface area contributed by atoms with Gasteiger partial charge in [-0.25, -0.2) is 22.5 Å². The standard InChI is InChI=1S/C29H31F4N5O4S/c1-36(22-9-5-7-16-6-3-4-8-17(16)22)28(40)21-15-43-27(34-21)18-10-11-37(13-19(18)29(41)42-2)24(39)14-38-23(26(32)33)12-20(35-38)25(30)31/h3-4,6,8,12,15,18-19,22,25-26H,5,7,9-11,13-14H2,1-2H3. The van der Waals surface area contributed by atoms with Gasteiger partial charge < -0.3 is 14.5 Å². The van der Waals surface area contributed by atoms with Crippen molar-refractivity contribution in [2.75, 3.05) is 27.2 Å². The first-order chi connectivity index (χ1) is 20.6. The molecule has 0 saturated carbocycles. The van der Waals surface area contributed by atoms with Crippen molar-refractivity contribution >= 4 is 29.1 Å². The molecule has 0 bridgehead atoms.